The predicted octanol–water partition coefficient (Wildman–Crippen LogP) is 0.865. The predicted molar refractivity (Wildman–Crippen MR) is 91.4 cm³/mol. The number of ether oxygens (including phenoxy) is 2. The molecule has 2 amide bonds. The molecule has 0 aliphatic heterocycles. The van der Waals surface area contributed by atoms with Crippen molar-refractivity contribution in [3.8, 4) is 11.5 Å². The summed E-state index contributed by atoms with van der Waals surface area (Å²) in [5.74, 6) is -0.520. The fourth-order valence-electron chi connectivity index (χ4n) is 1.89. The fraction of sp³-hybridized carbons (Fsp3) is 0.176. The van der Waals surface area contributed by atoms with Crippen LogP contribution in [0.25, 0.3) is 0 Å². The Morgan fingerprint density at radius 3 is 2.68 bits per heavy atom. The van der Waals surface area contributed by atoms with Crippen molar-refractivity contribution in [2.24, 2.45) is 5.10 Å². The van der Waals surface area contributed by atoms with Gasteiger partial charge in [0.25, 0.3) is 0 Å². The Labute approximate surface area is 144 Å². The molecule has 0 radical (unpaired) electrons. The van der Waals surface area contributed by atoms with Crippen LogP contribution in [0.3, 0.4) is 0 Å². The van der Waals surface area contributed by atoms with E-state index in [0.29, 0.717) is 22.8 Å². The lowest BCUT2D eigenvalue weighted by molar-refractivity contribution is -0.139. The average molecular weight is 342 g/mol. The Bertz CT molecular complexity index is 762. The number of pyridine rings is 1. The summed E-state index contributed by atoms with van der Waals surface area (Å²) in [4.78, 5) is 27.4. The van der Waals surface area contributed by atoms with Crippen LogP contribution in [0.5, 0.6) is 11.5 Å². The SMILES string of the molecule is COc1ccc(/C=N\NC(=O)C(=O)NCc2ccccn2)c(OC)c1. The lowest BCUT2D eigenvalue weighted by Gasteiger charge is -2.07. The van der Waals surface area contributed by atoms with Gasteiger partial charge in [0.15, 0.2) is 0 Å². The van der Waals surface area contributed by atoms with Crippen molar-refractivity contribution in [2.45, 2.75) is 6.54 Å². The highest BCUT2D eigenvalue weighted by atomic mass is 16.5. The first-order chi connectivity index (χ1) is 12.1. The van der Waals surface area contributed by atoms with E-state index in [-0.39, 0.29) is 6.54 Å². The molecule has 1 heterocycles. The molecule has 1 aromatic carbocycles. The van der Waals surface area contributed by atoms with Crippen LogP contribution in [0, 0.1) is 0 Å². The van der Waals surface area contributed by atoms with Crippen molar-refractivity contribution in [3.05, 3.63) is 53.9 Å². The summed E-state index contributed by atoms with van der Waals surface area (Å²) in [6.45, 7) is 0.156. The fourth-order valence-corrected chi connectivity index (χ4v) is 1.89. The second-order valence-electron chi connectivity index (χ2n) is 4.81. The maximum atomic E-state index is 11.7. The first kappa shape index (κ1) is 17.9. The third kappa shape index (κ3) is 5.31. The summed E-state index contributed by atoms with van der Waals surface area (Å²) in [6, 6.07) is 10.4. The lowest BCUT2D eigenvalue weighted by Crippen LogP contribution is -2.37. The van der Waals surface area contributed by atoms with Crippen molar-refractivity contribution in [1.82, 2.24) is 15.7 Å². The number of carbonyl (C=O) groups is 2. The first-order valence-corrected chi connectivity index (χ1v) is 7.37. The molecule has 2 rings (SSSR count). The van der Waals surface area contributed by atoms with Crippen LogP contribution in [-0.2, 0) is 16.1 Å². The maximum Gasteiger partial charge on any atom is 0.329 e. The van der Waals surface area contributed by atoms with E-state index >= 15 is 0 Å². The largest absolute Gasteiger partial charge is 0.497 e. The third-order valence-electron chi connectivity index (χ3n) is 3.17. The minimum atomic E-state index is -0.875. The number of benzene rings is 1. The van der Waals surface area contributed by atoms with Gasteiger partial charge in [0.2, 0.25) is 0 Å². The van der Waals surface area contributed by atoms with Crippen molar-refractivity contribution in [2.75, 3.05) is 14.2 Å². The number of nitrogens with one attached hydrogen (secondary N) is 2. The number of aromatic nitrogens is 1. The van der Waals surface area contributed by atoms with Gasteiger partial charge in [0.05, 0.1) is 32.7 Å². The van der Waals surface area contributed by atoms with E-state index in [1.54, 1.807) is 49.7 Å². The van der Waals surface area contributed by atoms with Crippen molar-refractivity contribution >= 4 is 18.0 Å². The molecule has 0 unspecified atom stereocenters. The van der Waals surface area contributed by atoms with Gasteiger partial charge >= 0.3 is 11.8 Å². The van der Waals surface area contributed by atoms with E-state index in [4.69, 9.17) is 9.47 Å². The quantitative estimate of drug-likeness (QED) is 0.461. The molecule has 0 bridgehead atoms. The monoisotopic (exact) mass is 342 g/mol. The zero-order chi connectivity index (χ0) is 18.1. The highest BCUT2D eigenvalue weighted by Gasteiger charge is 2.12. The summed E-state index contributed by atoms with van der Waals surface area (Å²) in [6.07, 6.45) is 2.98. The van der Waals surface area contributed by atoms with Crippen molar-refractivity contribution in [1.29, 1.82) is 0 Å². The van der Waals surface area contributed by atoms with Crippen LogP contribution in [-0.4, -0.2) is 37.2 Å². The molecule has 0 aliphatic carbocycles. The van der Waals surface area contributed by atoms with Gasteiger partial charge in [0.1, 0.15) is 11.5 Å². The first-order valence-electron chi connectivity index (χ1n) is 7.37. The molecule has 0 saturated heterocycles. The zero-order valence-corrected chi connectivity index (χ0v) is 13.9. The zero-order valence-electron chi connectivity index (χ0n) is 13.9. The summed E-state index contributed by atoms with van der Waals surface area (Å²) in [7, 11) is 3.06. The normalized spacial score (nSPS) is 10.3. The molecule has 0 saturated carbocycles. The van der Waals surface area contributed by atoms with Crippen LogP contribution in [0.4, 0.5) is 0 Å². The molecule has 2 aromatic rings. The number of methoxy groups -OCH3 is 2. The lowest BCUT2D eigenvalue weighted by atomic mass is 10.2. The number of nitrogens with zero attached hydrogens (tertiary/aromatic N) is 2. The molecule has 8 nitrogen and oxygen atoms in total. The smallest absolute Gasteiger partial charge is 0.329 e. The van der Waals surface area contributed by atoms with Gasteiger partial charge in [-0.3, -0.25) is 14.6 Å². The number of hydrazone groups is 1. The van der Waals surface area contributed by atoms with Gasteiger partial charge in [-0.05, 0) is 24.3 Å². The van der Waals surface area contributed by atoms with Gasteiger partial charge in [-0.25, -0.2) is 5.43 Å². The highest BCUT2D eigenvalue weighted by molar-refractivity contribution is 6.35. The van der Waals surface area contributed by atoms with E-state index in [1.807, 2.05) is 0 Å². The third-order valence-corrected chi connectivity index (χ3v) is 3.17. The van der Waals surface area contributed by atoms with E-state index in [2.05, 4.69) is 20.8 Å². The van der Waals surface area contributed by atoms with Gasteiger partial charge in [-0.2, -0.15) is 5.10 Å². The molecule has 130 valence electrons. The van der Waals surface area contributed by atoms with Gasteiger partial charge in [-0.1, -0.05) is 6.07 Å². The van der Waals surface area contributed by atoms with E-state index < -0.39 is 11.8 Å². The van der Waals surface area contributed by atoms with Crippen molar-refractivity contribution < 1.29 is 19.1 Å². The Balaban J connectivity index is 1.88. The summed E-state index contributed by atoms with van der Waals surface area (Å²) < 4.78 is 10.3. The molecular formula is C17H18N4O4. The number of hydrogen-bond donors (Lipinski definition) is 2. The Morgan fingerprint density at radius 2 is 2.00 bits per heavy atom. The molecule has 25 heavy (non-hydrogen) atoms. The molecule has 0 spiro atoms. The topological polar surface area (TPSA) is 102 Å². The van der Waals surface area contributed by atoms with Crippen LogP contribution < -0.4 is 20.2 Å². The van der Waals surface area contributed by atoms with E-state index in [9.17, 15) is 9.59 Å². The number of amides is 2. The molecule has 2 N–H and O–H groups in total. The summed E-state index contributed by atoms with van der Waals surface area (Å²) in [5, 5.41) is 6.22. The van der Waals surface area contributed by atoms with E-state index in [0.717, 1.165) is 0 Å². The summed E-state index contributed by atoms with van der Waals surface area (Å²) >= 11 is 0. The highest BCUT2D eigenvalue weighted by Crippen LogP contribution is 2.22. The number of rotatable bonds is 6. The van der Waals surface area contributed by atoms with Crippen molar-refractivity contribution in [3.63, 3.8) is 0 Å². The summed E-state index contributed by atoms with van der Waals surface area (Å²) in [5.41, 5.74) is 3.43. The second-order valence-corrected chi connectivity index (χ2v) is 4.81. The average Bonchev–Trinajstić information content (AvgIpc) is 2.66. The number of carbonyl (C=O) groups excluding carboxylic acids is 2. The van der Waals surface area contributed by atoms with Gasteiger partial charge in [0, 0.05) is 17.8 Å². The molecule has 1 aromatic heterocycles. The Morgan fingerprint density at radius 1 is 1.16 bits per heavy atom. The molecule has 0 fully saturated rings. The van der Waals surface area contributed by atoms with Gasteiger partial charge in [-0.15, -0.1) is 0 Å². The van der Waals surface area contributed by atoms with Gasteiger partial charge < -0.3 is 14.8 Å². The van der Waals surface area contributed by atoms with Crippen LogP contribution in [0.1, 0.15) is 11.3 Å². The Hall–Kier alpha value is -3.42. The minimum Gasteiger partial charge on any atom is -0.497 e. The molecular weight excluding hydrogens is 324 g/mol. The van der Waals surface area contributed by atoms with Crippen LogP contribution >= 0.6 is 0 Å². The van der Waals surface area contributed by atoms with E-state index in [1.165, 1.54) is 13.3 Å². The molecule has 0 aliphatic rings. The maximum absolute atomic E-state index is 11.7. The standard InChI is InChI=1S/C17H18N4O4/c1-24-14-7-6-12(15(9-14)25-2)10-20-21-17(23)16(22)19-11-13-5-3-4-8-18-13/h3-10H,11H2,1-2H3,(H,19,22)(H,21,23)/b20-10-. The number of hydrogen-bond acceptors (Lipinski definition) is 6. The van der Waals surface area contributed by atoms with Crippen LogP contribution in [0.2, 0.25) is 0 Å². The Kier molecular flexibility index (Phi) is 6.47. The van der Waals surface area contributed by atoms with Crippen LogP contribution in [0.15, 0.2) is 47.7 Å². The molecule has 8 heteroatoms. The molecule has 0 atom stereocenters. The second kappa shape index (κ2) is 9.02. The minimum absolute atomic E-state index is 0.156.